The summed E-state index contributed by atoms with van der Waals surface area (Å²) in [6, 6.07) is 4.33. The summed E-state index contributed by atoms with van der Waals surface area (Å²) < 4.78 is 0. The maximum Gasteiger partial charge on any atom is 0.125 e. The molecule has 0 aromatic carbocycles. The topological polar surface area (TPSA) is 61.3 Å². The molecule has 4 rings (SSSR count). The van der Waals surface area contributed by atoms with Gasteiger partial charge in [-0.2, -0.15) is 0 Å². The lowest BCUT2D eigenvalue weighted by molar-refractivity contribution is -0.0916. The van der Waals surface area contributed by atoms with Crippen LogP contribution in [0.5, 0.6) is 0 Å². The second-order valence-electron chi connectivity index (χ2n) is 7.57. The zero-order valence-corrected chi connectivity index (χ0v) is 16.0. The Kier molecular flexibility index (Phi) is 5.64. The van der Waals surface area contributed by atoms with Crippen LogP contribution in [0, 0.1) is 0 Å². The molecule has 0 spiro atoms. The summed E-state index contributed by atoms with van der Waals surface area (Å²) in [4.78, 5) is 11.4. The summed E-state index contributed by atoms with van der Waals surface area (Å²) in [7, 11) is 0. The Morgan fingerprint density at radius 1 is 1.31 bits per heavy atom. The molecule has 2 N–H and O–H groups in total. The van der Waals surface area contributed by atoms with Crippen LogP contribution in [0.4, 0.5) is 0 Å². The first-order valence-electron chi connectivity index (χ1n) is 9.77. The van der Waals surface area contributed by atoms with Crippen LogP contribution in [0.2, 0.25) is 0 Å². The minimum atomic E-state index is -0.568. The lowest BCUT2D eigenvalue weighted by Crippen LogP contribution is -2.62. The second-order valence-corrected chi connectivity index (χ2v) is 8.43. The van der Waals surface area contributed by atoms with Crippen molar-refractivity contribution in [2.24, 2.45) is 0 Å². The third-order valence-electron chi connectivity index (χ3n) is 5.74. The largest absolute Gasteiger partial charge is 0.387 e. The SMILES string of the molecule is O[C@@]1(CNCCc2csc(-c3cccnc3)n2)CCCN2CCCC[C@@H]21. The molecule has 2 aromatic rings. The first-order chi connectivity index (χ1) is 12.7. The van der Waals surface area contributed by atoms with Crippen molar-refractivity contribution >= 4 is 11.3 Å². The Morgan fingerprint density at radius 3 is 3.12 bits per heavy atom. The molecule has 2 aliphatic rings. The number of aromatic nitrogens is 2. The van der Waals surface area contributed by atoms with Gasteiger partial charge in [0.2, 0.25) is 0 Å². The number of aliphatic hydroxyl groups is 1. The second kappa shape index (κ2) is 8.13. The molecule has 2 fully saturated rings. The Bertz CT molecular complexity index is 705. The van der Waals surface area contributed by atoms with Crippen molar-refractivity contribution in [2.75, 3.05) is 26.2 Å². The van der Waals surface area contributed by atoms with Crippen LogP contribution in [0.1, 0.15) is 37.8 Å². The number of fused-ring (bicyclic) bond motifs is 1. The maximum atomic E-state index is 11.2. The van der Waals surface area contributed by atoms with E-state index in [4.69, 9.17) is 4.98 Å². The first kappa shape index (κ1) is 18.0. The smallest absolute Gasteiger partial charge is 0.125 e. The van der Waals surface area contributed by atoms with Gasteiger partial charge in [-0.05, 0) is 50.9 Å². The number of rotatable bonds is 6. The molecule has 4 heterocycles. The molecule has 140 valence electrons. The molecule has 0 bridgehead atoms. The highest BCUT2D eigenvalue weighted by molar-refractivity contribution is 7.13. The van der Waals surface area contributed by atoms with Gasteiger partial charge >= 0.3 is 0 Å². The molecule has 6 heteroatoms. The van der Waals surface area contributed by atoms with Gasteiger partial charge in [-0.15, -0.1) is 11.3 Å². The van der Waals surface area contributed by atoms with Gasteiger partial charge in [0.1, 0.15) is 5.01 Å². The fourth-order valence-corrected chi connectivity index (χ4v) is 5.24. The summed E-state index contributed by atoms with van der Waals surface area (Å²) in [5.41, 5.74) is 1.61. The minimum absolute atomic E-state index is 0.342. The normalized spacial score (nSPS) is 26.6. The number of hydrogen-bond acceptors (Lipinski definition) is 6. The summed E-state index contributed by atoms with van der Waals surface area (Å²) in [5.74, 6) is 0. The van der Waals surface area contributed by atoms with Gasteiger partial charge in [-0.3, -0.25) is 9.88 Å². The van der Waals surface area contributed by atoms with E-state index in [0.29, 0.717) is 12.6 Å². The van der Waals surface area contributed by atoms with Gasteiger partial charge in [0.25, 0.3) is 0 Å². The minimum Gasteiger partial charge on any atom is -0.387 e. The lowest BCUT2D eigenvalue weighted by atomic mass is 9.79. The maximum absolute atomic E-state index is 11.2. The summed E-state index contributed by atoms with van der Waals surface area (Å²) in [6.45, 7) is 3.85. The van der Waals surface area contributed by atoms with Crippen molar-refractivity contribution in [1.82, 2.24) is 20.2 Å². The van der Waals surface area contributed by atoms with Gasteiger partial charge < -0.3 is 10.4 Å². The van der Waals surface area contributed by atoms with E-state index >= 15 is 0 Å². The standard InChI is InChI=1S/C20H28N4OS/c25-20(8-4-12-24-11-2-1-6-18(20)24)15-22-10-7-17-14-26-19(23-17)16-5-3-9-21-13-16/h3,5,9,13-14,18,22,25H,1-2,4,6-8,10-12,15H2/t18-,20-/m1/s1. The number of pyridine rings is 1. The van der Waals surface area contributed by atoms with Crippen molar-refractivity contribution in [3.8, 4) is 10.6 Å². The average Bonchev–Trinajstić information content (AvgIpc) is 3.16. The van der Waals surface area contributed by atoms with E-state index < -0.39 is 5.60 Å². The van der Waals surface area contributed by atoms with Crippen molar-refractivity contribution in [3.05, 3.63) is 35.6 Å². The predicted molar refractivity (Wildman–Crippen MR) is 105 cm³/mol. The predicted octanol–water partition coefficient (Wildman–Crippen LogP) is 2.72. The van der Waals surface area contributed by atoms with Gasteiger partial charge in [0, 0.05) is 48.9 Å². The first-order valence-corrected chi connectivity index (χ1v) is 10.6. The monoisotopic (exact) mass is 372 g/mol. The highest BCUT2D eigenvalue weighted by atomic mass is 32.1. The zero-order chi connectivity index (χ0) is 17.8. The van der Waals surface area contributed by atoms with E-state index in [1.54, 1.807) is 17.5 Å². The number of nitrogens with one attached hydrogen (secondary N) is 1. The molecule has 0 amide bonds. The van der Waals surface area contributed by atoms with Crippen LogP contribution in [-0.4, -0.2) is 57.8 Å². The highest BCUT2D eigenvalue weighted by Gasteiger charge is 2.43. The molecular weight excluding hydrogens is 344 g/mol. The third kappa shape index (κ3) is 3.98. The fraction of sp³-hybridized carbons (Fsp3) is 0.600. The van der Waals surface area contributed by atoms with E-state index in [0.717, 1.165) is 61.6 Å². The quantitative estimate of drug-likeness (QED) is 0.764. The highest BCUT2D eigenvalue weighted by Crippen LogP contribution is 2.33. The summed E-state index contributed by atoms with van der Waals surface area (Å²) in [5, 5.41) is 17.8. The van der Waals surface area contributed by atoms with Gasteiger partial charge in [0.15, 0.2) is 0 Å². The van der Waals surface area contributed by atoms with Crippen LogP contribution < -0.4 is 5.32 Å². The fourth-order valence-electron chi connectivity index (χ4n) is 4.39. The Hall–Kier alpha value is -1.34. The lowest BCUT2D eigenvalue weighted by Gasteiger charge is -2.49. The molecule has 2 aliphatic heterocycles. The summed E-state index contributed by atoms with van der Waals surface area (Å²) >= 11 is 1.67. The Balaban J connectivity index is 1.28. The molecule has 0 radical (unpaired) electrons. The van der Waals surface area contributed by atoms with Crippen LogP contribution >= 0.6 is 11.3 Å². The van der Waals surface area contributed by atoms with E-state index in [1.165, 1.54) is 12.8 Å². The molecule has 2 atom stereocenters. The van der Waals surface area contributed by atoms with E-state index in [1.807, 2.05) is 18.3 Å². The molecule has 26 heavy (non-hydrogen) atoms. The molecule has 5 nitrogen and oxygen atoms in total. The molecule has 0 saturated carbocycles. The summed E-state index contributed by atoms with van der Waals surface area (Å²) in [6.07, 6.45) is 10.2. The number of nitrogens with zero attached hydrogens (tertiary/aromatic N) is 3. The molecule has 2 aromatic heterocycles. The van der Waals surface area contributed by atoms with Crippen LogP contribution in [0.15, 0.2) is 29.9 Å². The van der Waals surface area contributed by atoms with Gasteiger partial charge in [-0.1, -0.05) is 6.42 Å². The van der Waals surface area contributed by atoms with Crippen molar-refractivity contribution in [2.45, 2.75) is 50.2 Å². The van der Waals surface area contributed by atoms with Crippen molar-refractivity contribution < 1.29 is 5.11 Å². The van der Waals surface area contributed by atoms with Crippen LogP contribution in [-0.2, 0) is 6.42 Å². The van der Waals surface area contributed by atoms with Crippen molar-refractivity contribution in [3.63, 3.8) is 0 Å². The molecular formula is C20H28N4OS. The molecule has 0 aliphatic carbocycles. The van der Waals surface area contributed by atoms with Crippen LogP contribution in [0.25, 0.3) is 10.6 Å². The number of thiazole rings is 1. The number of hydrogen-bond donors (Lipinski definition) is 2. The van der Waals surface area contributed by atoms with E-state index in [-0.39, 0.29) is 0 Å². The Labute approximate surface area is 159 Å². The van der Waals surface area contributed by atoms with E-state index in [2.05, 4.69) is 20.6 Å². The third-order valence-corrected chi connectivity index (χ3v) is 6.68. The van der Waals surface area contributed by atoms with Gasteiger partial charge in [0.05, 0.1) is 11.3 Å². The van der Waals surface area contributed by atoms with Gasteiger partial charge in [-0.25, -0.2) is 4.98 Å². The average molecular weight is 373 g/mol. The Morgan fingerprint density at radius 2 is 2.23 bits per heavy atom. The zero-order valence-electron chi connectivity index (χ0n) is 15.2. The van der Waals surface area contributed by atoms with E-state index in [9.17, 15) is 5.11 Å². The molecule has 2 saturated heterocycles. The number of piperidine rings is 2. The van der Waals surface area contributed by atoms with Crippen molar-refractivity contribution in [1.29, 1.82) is 0 Å². The van der Waals surface area contributed by atoms with Crippen LogP contribution in [0.3, 0.4) is 0 Å². The molecule has 0 unspecified atom stereocenters.